The molecule has 16 heteroatoms. The highest BCUT2D eigenvalue weighted by Gasteiger charge is 2.48. The summed E-state index contributed by atoms with van der Waals surface area (Å²) in [4.78, 5) is 43.6. The van der Waals surface area contributed by atoms with Crippen LogP contribution in [0.5, 0.6) is 5.75 Å². The Balaban J connectivity index is 1.14. The second-order valence-electron chi connectivity index (χ2n) is 13.5. The van der Waals surface area contributed by atoms with Crippen molar-refractivity contribution in [3.63, 3.8) is 0 Å². The number of rotatable bonds is 13. The number of halogens is 3. The van der Waals surface area contributed by atoms with E-state index in [-0.39, 0.29) is 43.4 Å². The van der Waals surface area contributed by atoms with E-state index in [0.29, 0.717) is 42.6 Å². The number of carbonyl (C=O) groups excluding carboxylic acids is 2. The molecule has 3 heterocycles. The monoisotopic (exact) mass is 720 g/mol. The number of thioether (sulfide) groups is 1. The fourth-order valence-electron chi connectivity index (χ4n) is 6.04. The van der Waals surface area contributed by atoms with Crippen molar-refractivity contribution in [2.24, 2.45) is 0 Å². The molecule has 2 aliphatic rings. The number of phenols is 1. The minimum Gasteiger partial charge on any atom is -0.506 e. The number of aliphatic hydroxyl groups is 1. The number of nitrogens with one attached hydrogen (secondary N) is 1. The molecule has 2 saturated heterocycles. The van der Waals surface area contributed by atoms with Gasteiger partial charge in [0.05, 0.1) is 30.0 Å². The van der Waals surface area contributed by atoms with Gasteiger partial charge < -0.3 is 39.4 Å². The topological polar surface area (TPSA) is 136 Å². The molecular formula is C32H47F3N4O7S2. The van der Waals surface area contributed by atoms with Crippen molar-refractivity contribution >= 4 is 45.3 Å². The van der Waals surface area contributed by atoms with Crippen LogP contribution in [0.1, 0.15) is 64.9 Å². The maximum atomic E-state index is 13.0. The van der Waals surface area contributed by atoms with E-state index >= 15 is 0 Å². The number of aliphatic hydroxyl groups excluding tert-OH is 1. The maximum Gasteiger partial charge on any atom is 0.471 e. The normalized spacial score (nSPS) is 17.9. The summed E-state index contributed by atoms with van der Waals surface area (Å²) in [5.41, 5.74) is -1.05. The van der Waals surface area contributed by atoms with Gasteiger partial charge in [0.2, 0.25) is 0 Å². The first-order valence-electron chi connectivity index (χ1n) is 16.4. The summed E-state index contributed by atoms with van der Waals surface area (Å²) in [6, 6.07) is 3.24. The van der Waals surface area contributed by atoms with E-state index in [1.807, 2.05) is 0 Å². The third-order valence-electron chi connectivity index (χ3n) is 8.54. The number of aromatic amines is 1. The molecule has 0 radical (unpaired) electrons. The van der Waals surface area contributed by atoms with Crippen LogP contribution in [0.2, 0.25) is 0 Å². The van der Waals surface area contributed by atoms with Crippen molar-refractivity contribution in [1.29, 1.82) is 0 Å². The van der Waals surface area contributed by atoms with Gasteiger partial charge in [-0.15, -0.1) is 11.8 Å². The van der Waals surface area contributed by atoms with E-state index in [9.17, 15) is 37.8 Å². The molecule has 1 aromatic heterocycles. The Labute approximate surface area is 286 Å². The number of likely N-dealkylation sites (tertiary alicyclic amines) is 1. The Morgan fingerprint density at radius 2 is 1.85 bits per heavy atom. The zero-order chi connectivity index (χ0) is 35.1. The van der Waals surface area contributed by atoms with Crippen LogP contribution in [0.25, 0.3) is 10.2 Å². The number of benzene rings is 1. The summed E-state index contributed by atoms with van der Waals surface area (Å²) in [5.74, 6) is -1.08. The van der Waals surface area contributed by atoms with Crippen LogP contribution in [-0.4, -0.2) is 123 Å². The van der Waals surface area contributed by atoms with E-state index in [1.54, 1.807) is 26.8 Å². The van der Waals surface area contributed by atoms with Crippen LogP contribution >= 0.6 is 23.1 Å². The van der Waals surface area contributed by atoms with E-state index in [1.165, 1.54) is 22.7 Å². The predicted octanol–water partition coefficient (Wildman–Crippen LogP) is 4.94. The Morgan fingerprint density at radius 1 is 1.15 bits per heavy atom. The number of phenolic OH excluding ortho intramolecular Hbond substituents is 1. The molecule has 1 spiro atoms. The average molecular weight is 721 g/mol. The third kappa shape index (κ3) is 11.0. The maximum absolute atomic E-state index is 13.0. The number of piperidine rings is 1. The van der Waals surface area contributed by atoms with Crippen molar-refractivity contribution in [3.8, 4) is 5.75 Å². The summed E-state index contributed by atoms with van der Waals surface area (Å²) >= 11 is 2.38. The van der Waals surface area contributed by atoms with Crippen LogP contribution < -0.4 is 4.87 Å². The van der Waals surface area contributed by atoms with Gasteiger partial charge >= 0.3 is 23.0 Å². The lowest BCUT2D eigenvalue weighted by Crippen LogP contribution is -2.59. The molecule has 2 amide bonds. The van der Waals surface area contributed by atoms with E-state index < -0.39 is 34.8 Å². The van der Waals surface area contributed by atoms with Crippen molar-refractivity contribution in [2.75, 3.05) is 58.2 Å². The van der Waals surface area contributed by atoms with Crippen LogP contribution in [-0.2, 0) is 20.7 Å². The Kier molecular flexibility index (Phi) is 13.1. The van der Waals surface area contributed by atoms with E-state index in [4.69, 9.17) is 9.47 Å². The summed E-state index contributed by atoms with van der Waals surface area (Å²) in [6.45, 7) is 8.05. The molecule has 48 heavy (non-hydrogen) atoms. The van der Waals surface area contributed by atoms with Crippen molar-refractivity contribution in [3.05, 3.63) is 27.4 Å². The smallest absolute Gasteiger partial charge is 0.471 e. The highest BCUT2D eigenvalue weighted by atomic mass is 32.2. The molecule has 0 unspecified atom stereocenters. The molecule has 0 bridgehead atoms. The number of amides is 2. The lowest BCUT2D eigenvalue weighted by atomic mass is 9.89. The van der Waals surface area contributed by atoms with Gasteiger partial charge in [0, 0.05) is 26.2 Å². The lowest BCUT2D eigenvalue weighted by Gasteiger charge is -2.47. The van der Waals surface area contributed by atoms with Gasteiger partial charge in [-0.05, 0) is 76.8 Å². The van der Waals surface area contributed by atoms with Gasteiger partial charge in [-0.2, -0.15) is 13.2 Å². The number of hydrogen-bond acceptors (Lipinski definition) is 10. The minimum atomic E-state index is -4.87. The third-order valence-corrected chi connectivity index (χ3v) is 10.6. The Morgan fingerprint density at radius 3 is 2.54 bits per heavy atom. The van der Waals surface area contributed by atoms with Crippen molar-refractivity contribution in [1.82, 2.24) is 19.7 Å². The largest absolute Gasteiger partial charge is 0.506 e. The van der Waals surface area contributed by atoms with E-state index in [0.717, 1.165) is 59.8 Å². The zero-order valence-electron chi connectivity index (χ0n) is 27.8. The Hall–Kier alpha value is -2.53. The highest BCUT2D eigenvalue weighted by molar-refractivity contribution is 7.99. The minimum absolute atomic E-state index is 0.0149. The predicted molar refractivity (Wildman–Crippen MR) is 180 cm³/mol. The van der Waals surface area contributed by atoms with Crippen LogP contribution in [0, 0.1) is 0 Å². The molecule has 2 aromatic rings. The van der Waals surface area contributed by atoms with Gasteiger partial charge in [0.15, 0.2) is 0 Å². The van der Waals surface area contributed by atoms with E-state index in [2.05, 4.69) is 9.88 Å². The van der Waals surface area contributed by atoms with Gasteiger partial charge in [-0.1, -0.05) is 30.2 Å². The molecule has 270 valence electrons. The number of ether oxygens (including phenoxy) is 2. The zero-order valence-corrected chi connectivity index (χ0v) is 29.4. The number of aromatic nitrogens is 1. The average Bonchev–Trinajstić information content (AvgIpc) is 3.41. The van der Waals surface area contributed by atoms with Gasteiger partial charge in [0.1, 0.15) is 22.3 Å². The van der Waals surface area contributed by atoms with Crippen LogP contribution in [0.3, 0.4) is 0 Å². The van der Waals surface area contributed by atoms with Gasteiger partial charge in [-0.25, -0.2) is 4.79 Å². The number of hydrogen-bond donors (Lipinski definition) is 3. The summed E-state index contributed by atoms with van der Waals surface area (Å²) in [6.07, 6.45) is 0.0346. The standard InChI is InChI=1S/C32H47F3N4O7S2/c1-30(2,3)46-29(44)38(14-10-22-8-9-23(40)25-26(22)48-28(43)36-25)20-24(41)47-19-7-5-4-6-13-37-15-11-31(12-16-37)21-39(17-18-45-31)27(42)32(33,34)35/h8-9,24,40-41H,4-7,10-21H2,1-3H3,(H,36,43)/t24-/m1/s1. The number of thiazole rings is 1. The molecule has 11 nitrogen and oxygen atoms in total. The number of H-pyrrole nitrogens is 1. The molecule has 3 N–H and O–H groups in total. The molecule has 2 fully saturated rings. The van der Waals surface area contributed by atoms with Crippen molar-refractivity contribution < 1.29 is 42.4 Å². The fraction of sp³-hybridized carbons (Fsp3) is 0.719. The van der Waals surface area contributed by atoms with Crippen LogP contribution in [0.4, 0.5) is 18.0 Å². The fourth-order valence-corrected chi connectivity index (χ4v) is 7.87. The number of alkyl halides is 3. The first-order chi connectivity index (χ1) is 22.6. The van der Waals surface area contributed by atoms with Gasteiger partial charge in [-0.3, -0.25) is 9.59 Å². The first-order valence-corrected chi connectivity index (χ1v) is 18.3. The van der Waals surface area contributed by atoms with Crippen molar-refractivity contribution in [2.45, 2.75) is 88.5 Å². The second kappa shape index (κ2) is 16.5. The Bertz CT molecular complexity index is 1440. The van der Waals surface area contributed by atoms with Gasteiger partial charge in [0.25, 0.3) is 0 Å². The molecule has 2 aliphatic heterocycles. The summed E-state index contributed by atoms with van der Waals surface area (Å²) in [5, 5.41) is 20.9. The SMILES string of the molecule is CC(C)(C)OC(=O)N(CCc1ccc(O)c2[nH]c(=O)sc12)C[C@H](O)SCCCCCCN1CCC2(CC1)CN(C(=O)C(F)(F)F)CCO2. The molecule has 4 rings (SSSR count). The molecule has 1 atom stereocenters. The molecule has 0 aliphatic carbocycles. The summed E-state index contributed by atoms with van der Waals surface area (Å²) in [7, 11) is 0. The highest BCUT2D eigenvalue weighted by Crippen LogP contribution is 2.32. The lowest BCUT2D eigenvalue weighted by molar-refractivity contribution is -0.200. The number of unbranched alkanes of at least 4 members (excludes halogenated alkanes) is 3. The first kappa shape index (κ1) is 38.3. The van der Waals surface area contributed by atoms with Crippen LogP contribution in [0.15, 0.2) is 16.9 Å². The number of carbonyl (C=O) groups is 2. The number of aromatic hydroxyl groups is 1. The molecule has 0 saturated carbocycles. The molecule has 1 aromatic carbocycles. The summed E-state index contributed by atoms with van der Waals surface area (Å²) < 4.78 is 50.9. The second-order valence-corrected chi connectivity index (χ2v) is 15.7. The number of nitrogens with zero attached hydrogens (tertiary/aromatic N) is 3. The number of fused-ring (bicyclic) bond motifs is 1. The number of morpholine rings is 1. The molecular weight excluding hydrogens is 674 g/mol. The quantitative estimate of drug-likeness (QED) is 0.194.